The summed E-state index contributed by atoms with van der Waals surface area (Å²) < 4.78 is 0. The first-order valence-electron chi connectivity index (χ1n) is 4.54. The molecule has 2 heteroatoms. The first-order chi connectivity index (χ1) is 6.15. The highest BCUT2D eigenvalue weighted by atomic mass is 16.1. The van der Waals surface area contributed by atoms with Crippen LogP contribution in [0.3, 0.4) is 0 Å². The van der Waals surface area contributed by atoms with E-state index in [0.717, 1.165) is 24.1 Å². The molecule has 0 radical (unpaired) electrons. The van der Waals surface area contributed by atoms with E-state index in [1.54, 1.807) is 13.0 Å². The summed E-state index contributed by atoms with van der Waals surface area (Å²) in [7, 11) is 0. The summed E-state index contributed by atoms with van der Waals surface area (Å²) in [5.74, 6) is 0.0646. The molecule has 0 bridgehead atoms. The Kier molecular flexibility index (Phi) is 3.07. The van der Waals surface area contributed by atoms with Crippen molar-refractivity contribution >= 4 is 11.5 Å². The van der Waals surface area contributed by atoms with Gasteiger partial charge in [0.25, 0.3) is 0 Å². The monoisotopic (exact) mass is 177 g/mol. The lowest BCUT2D eigenvalue weighted by Crippen LogP contribution is -1.98. The highest BCUT2D eigenvalue weighted by Gasteiger charge is 2.02. The van der Waals surface area contributed by atoms with Crippen LogP contribution in [0.25, 0.3) is 0 Å². The Morgan fingerprint density at radius 2 is 2.15 bits per heavy atom. The third-order valence-electron chi connectivity index (χ3n) is 2.07. The number of benzene rings is 1. The van der Waals surface area contributed by atoms with Crippen molar-refractivity contribution in [2.24, 2.45) is 0 Å². The van der Waals surface area contributed by atoms with Gasteiger partial charge in [0.15, 0.2) is 5.78 Å². The fourth-order valence-electron chi connectivity index (χ4n) is 1.31. The summed E-state index contributed by atoms with van der Waals surface area (Å²) in [5.41, 5.74) is 8.35. The number of nitrogen functional groups attached to an aromatic ring is 1. The molecule has 0 saturated heterocycles. The van der Waals surface area contributed by atoms with Crippen LogP contribution >= 0.6 is 0 Å². The molecule has 0 aliphatic heterocycles. The number of nitrogens with two attached hydrogens (primary N) is 1. The number of hydrogen-bond donors (Lipinski definition) is 1. The minimum atomic E-state index is 0.0646. The third-order valence-corrected chi connectivity index (χ3v) is 2.07. The van der Waals surface area contributed by atoms with Crippen LogP contribution in [-0.2, 0) is 6.42 Å². The van der Waals surface area contributed by atoms with Gasteiger partial charge in [-0.05, 0) is 25.0 Å². The number of anilines is 1. The minimum Gasteiger partial charge on any atom is -0.398 e. The molecule has 2 nitrogen and oxygen atoms in total. The molecule has 0 atom stereocenters. The molecule has 0 heterocycles. The second-order valence-corrected chi connectivity index (χ2v) is 3.22. The quantitative estimate of drug-likeness (QED) is 0.569. The van der Waals surface area contributed by atoms with Gasteiger partial charge in [-0.15, -0.1) is 0 Å². The summed E-state index contributed by atoms with van der Waals surface area (Å²) in [6.45, 7) is 3.66. The second kappa shape index (κ2) is 4.08. The number of ketones is 1. The van der Waals surface area contributed by atoms with Crippen molar-refractivity contribution < 1.29 is 4.79 Å². The molecule has 1 aromatic rings. The van der Waals surface area contributed by atoms with Gasteiger partial charge >= 0.3 is 0 Å². The molecule has 0 aliphatic carbocycles. The number of Topliss-reactive ketones (excluding diaryl/α,β-unsaturated/α-hetero) is 1. The van der Waals surface area contributed by atoms with E-state index in [0.29, 0.717) is 5.56 Å². The molecule has 0 saturated carbocycles. The van der Waals surface area contributed by atoms with Crippen molar-refractivity contribution in [3.8, 4) is 0 Å². The molecule has 70 valence electrons. The summed E-state index contributed by atoms with van der Waals surface area (Å²) >= 11 is 0. The van der Waals surface area contributed by atoms with Gasteiger partial charge in [-0.25, -0.2) is 0 Å². The van der Waals surface area contributed by atoms with Crippen molar-refractivity contribution in [2.45, 2.75) is 26.7 Å². The largest absolute Gasteiger partial charge is 0.398 e. The van der Waals surface area contributed by atoms with Crippen LogP contribution in [-0.4, -0.2) is 5.78 Å². The van der Waals surface area contributed by atoms with Gasteiger partial charge in [0.05, 0.1) is 0 Å². The van der Waals surface area contributed by atoms with E-state index in [4.69, 9.17) is 5.73 Å². The van der Waals surface area contributed by atoms with Crippen LogP contribution in [0.2, 0.25) is 0 Å². The predicted molar refractivity (Wildman–Crippen MR) is 54.9 cm³/mol. The standard InChI is InChI=1S/C11H15NO/c1-3-4-9-5-6-10(8(2)13)7-11(9)12/h5-7H,3-4,12H2,1-2H3. The van der Waals surface area contributed by atoms with Crippen LogP contribution in [0.1, 0.15) is 36.2 Å². The fraction of sp³-hybridized carbons (Fsp3) is 0.364. The maximum Gasteiger partial charge on any atom is 0.159 e. The molecule has 0 amide bonds. The summed E-state index contributed by atoms with van der Waals surface area (Å²) in [5, 5.41) is 0. The van der Waals surface area contributed by atoms with Crippen molar-refractivity contribution in [3.05, 3.63) is 29.3 Å². The van der Waals surface area contributed by atoms with Gasteiger partial charge in [0.2, 0.25) is 0 Å². The van der Waals surface area contributed by atoms with E-state index in [-0.39, 0.29) is 5.78 Å². The van der Waals surface area contributed by atoms with E-state index in [9.17, 15) is 4.79 Å². The average molecular weight is 177 g/mol. The van der Waals surface area contributed by atoms with Crippen LogP contribution in [0, 0.1) is 0 Å². The van der Waals surface area contributed by atoms with Gasteiger partial charge < -0.3 is 5.73 Å². The van der Waals surface area contributed by atoms with Crippen LogP contribution in [0.4, 0.5) is 5.69 Å². The normalized spacial score (nSPS) is 10.0. The smallest absolute Gasteiger partial charge is 0.159 e. The molecule has 0 spiro atoms. The Bertz CT molecular complexity index is 318. The number of rotatable bonds is 3. The molecular weight excluding hydrogens is 162 g/mol. The molecule has 0 aromatic heterocycles. The van der Waals surface area contributed by atoms with Crippen LogP contribution < -0.4 is 5.73 Å². The zero-order chi connectivity index (χ0) is 9.84. The molecule has 2 N–H and O–H groups in total. The zero-order valence-corrected chi connectivity index (χ0v) is 8.13. The molecular formula is C11H15NO. The van der Waals surface area contributed by atoms with E-state index in [1.807, 2.05) is 12.1 Å². The lowest BCUT2D eigenvalue weighted by molar-refractivity contribution is 0.101. The predicted octanol–water partition coefficient (Wildman–Crippen LogP) is 2.42. The topological polar surface area (TPSA) is 43.1 Å². The fourth-order valence-corrected chi connectivity index (χ4v) is 1.31. The lowest BCUT2D eigenvalue weighted by atomic mass is 10.0. The van der Waals surface area contributed by atoms with Gasteiger partial charge in [-0.2, -0.15) is 0 Å². The Hall–Kier alpha value is -1.31. The van der Waals surface area contributed by atoms with Gasteiger partial charge in [0, 0.05) is 11.3 Å². The highest BCUT2D eigenvalue weighted by Crippen LogP contribution is 2.16. The Labute approximate surface area is 78.8 Å². The maximum absolute atomic E-state index is 11.0. The Morgan fingerprint density at radius 1 is 1.46 bits per heavy atom. The SMILES string of the molecule is CCCc1ccc(C(C)=O)cc1N. The van der Waals surface area contributed by atoms with Crippen molar-refractivity contribution in [1.29, 1.82) is 0 Å². The molecule has 0 unspecified atom stereocenters. The molecule has 1 rings (SSSR count). The number of carbonyl (C=O) groups excluding carboxylic acids is 1. The second-order valence-electron chi connectivity index (χ2n) is 3.22. The van der Waals surface area contributed by atoms with Gasteiger partial charge in [0.1, 0.15) is 0 Å². The minimum absolute atomic E-state index is 0.0646. The van der Waals surface area contributed by atoms with E-state index in [1.165, 1.54) is 0 Å². The first kappa shape index (κ1) is 9.78. The molecule has 1 aromatic carbocycles. The number of hydrogen-bond acceptors (Lipinski definition) is 2. The average Bonchev–Trinajstić information content (AvgIpc) is 2.08. The van der Waals surface area contributed by atoms with Gasteiger partial charge in [-0.1, -0.05) is 25.5 Å². The van der Waals surface area contributed by atoms with E-state index in [2.05, 4.69) is 6.92 Å². The Balaban J connectivity index is 2.98. The van der Waals surface area contributed by atoms with Crippen molar-refractivity contribution in [2.75, 3.05) is 5.73 Å². The van der Waals surface area contributed by atoms with Gasteiger partial charge in [-0.3, -0.25) is 4.79 Å². The highest BCUT2D eigenvalue weighted by molar-refractivity contribution is 5.95. The summed E-state index contributed by atoms with van der Waals surface area (Å²) in [4.78, 5) is 11.0. The van der Waals surface area contributed by atoms with Crippen LogP contribution in [0.15, 0.2) is 18.2 Å². The van der Waals surface area contributed by atoms with Crippen LogP contribution in [0.5, 0.6) is 0 Å². The molecule has 13 heavy (non-hydrogen) atoms. The summed E-state index contributed by atoms with van der Waals surface area (Å²) in [6, 6.07) is 5.53. The van der Waals surface area contributed by atoms with E-state index >= 15 is 0 Å². The number of carbonyl (C=O) groups is 1. The zero-order valence-electron chi connectivity index (χ0n) is 8.13. The number of aryl methyl sites for hydroxylation is 1. The molecule has 0 aliphatic rings. The Morgan fingerprint density at radius 3 is 2.62 bits per heavy atom. The lowest BCUT2D eigenvalue weighted by Gasteiger charge is -2.05. The molecule has 0 fully saturated rings. The maximum atomic E-state index is 11.0. The van der Waals surface area contributed by atoms with E-state index < -0.39 is 0 Å². The first-order valence-corrected chi connectivity index (χ1v) is 4.54. The van der Waals surface area contributed by atoms with Crippen molar-refractivity contribution in [3.63, 3.8) is 0 Å². The van der Waals surface area contributed by atoms with Crippen molar-refractivity contribution in [1.82, 2.24) is 0 Å². The third kappa shape index (κ3) is 2.31. The summed E-state index contributed by atoms with van der Waals surface area (Å²) in [6.07, 6.45) is 2.05.